The fourth-order valence-electron chi connectivity index (χ4n) is 3.40. The molecule has 1 aromatic rings. The van der Waals surface area contributed by atoms with Crippen molar-refractivity contribution in [2.45, 2.75) is 51.7 Å². The first-order chi connectivity index (χ1) is 11.8. The Hall–Kier alpha value is -1.65. The highest BCUT2D eigenvalue weighted by molar-refractivity contribution is 5.61. The maximum Gasteiger partial charge on any atom is 0.123 e. The van der Waals surface area contributed by atoms with E-state index in [1.807, 2.05) is 6.21 Å². The van der Waals surface area contributed by atoms with E-state index in [4.69, 9.17) is 4.74 Å². The molecule has 2 aliphatic heterocycles. The summed E-state index contributed by atoms with van der Waals surface area (Å²) in [6, 6.07) is 6.88. The van der Waals surface area contributed by atoms with E-state index in [2.05, 4.69) is 46.4 Å². The standard InChI is InChI=1S/C20H29N3O/c1-16(19-7-3-4-10-21-19)22-14-17-8-9-18(20(13-17)24-2)15-23-11-5-6-12-23/h7-10,13,16,22H,3-6,11-12,14-15H2,1-2H3. The minimum Gasteiger partial charge on any atom is -0.496 e. The molecule has 0 amide bonds. The van der Waals surface area contributed by atoms with E-state index in [9.17, 15) is 0 Å². The summed E-state index contributed by atoms with van der Waals surface area (Å²) in [5.41, 5.74) is 3.69. The molecule has 1 saturated heterocycles. The minimum absolute atomic E-state index is 0.275. The van der Waals surface area contributed by atoms with Crippen molar-refractivity contribution in [2.24, 2.45) is 4.99 Å². The number of rotatable bonds is 7. The number of methoxy groups -OCH3 is 1. The molecule has 0 radical (unpaired) electrons. The number of aliphatic imine (C=N–C) groups is 1. The number of hydrogen-bond donors (Lipinski definition) is 1. The SMILES string of the molecule is COc1cc(CNC(C)C2=CCCC=N2)ccc1CN1CCCC1. The normalized spacial score (nSPS) is 19.3. The molecule has 4 heteroatoms. The second-order valence-electron chi connectivity index (χ2n) is 6.75. The summed E-state index contributed by atoms with van der Waals surface area (Å²) in [7, 11) is 1.77. The van der Waals surface area contributed by atoms with Gasteiger partial charge < -0.3 is 10.1 Å². The van der Waals surface area contributed by atoms with Crippen molar-refractivity contribution >= 4 is 6.21 Å². The van der Waals surface area contributed by atoms with Gasteiger partial charge in [0.05, 0.1) is 12.8 Å². The number of hydrogen-bond acceptors (Lipinski definition) is 4. The Morgan fingerprint density at radius 1 is 1.25 bits per heavy atom. The predicted octanol–water partition coefficient (Wildman–Crippen LogP) is 3.52. The molecule has 130 valence electrons. The molecule has 24 heavy (non-hydrogen) atoms. The molecule has 3 rings (SSSR count). The van der Waals surface area contributed by atoms with Crippen molar-refractivity contribution in [3.8, 4) is 5.75 Å². The van der Waals surface area contributed by atoms with Gasteiger partial charge in [0.15, 0.2) is 0 Å². The van der Waals surface area contributed by atoms with Crippen molar-refractivity contribution in [3.05, 3.63) is 41.1 Å². The molecule has 0 aromatic heterocycles. The second-order valence-corrected chi connectivity index (χ2v) is 6.75. The summed E-state index contributed by atoms with van der Waals surface area (Å²) in [6.07, 6.45) is 9.05. The lowest BCUT2D eigenvalue weighted by Crippen LogP contribution is -2.27. The Morgan fingerprint density at radius 3 is 2.79 bits per heavy atom. The van der Waals surface area contributed by atoms with Crippen LogP contribution in [-0.4, -0.2) is 37.4 Å². The van der Waals surface area contributed by atoms with E-state index in [0.717, 1.165) is 37.4 Å². The van der Waals surface area contributed by atoms with Gasteiger partial charge in [0.2, 0.25) is 0 Å². The molecule has 0 spiro atoms. The molecule has 1 aromatic carbocycles. The van der Waals surface area contributed by atoms with Gasteiger partial charge in [0, 0.05) is 30.9 Å². The monoisotopic (exact) mass is 327 g/mol. The number of likely N-dealkylation sites (tertiary alicyclic amines) is 1. The highest BCUT2D eigenvalue weighted by Crippen LogP contribution is 2.24. The van der Waals surface area contributed by atoms with E-state index in [0.29, 0.717) is 0 Å². The van der Waals surface area contributed by atoms with Gasteiger partial charge in [-0.2, -0.15) is 0 Å². The Labute approximate surface area is 145 Å². The smallest absolute Gasteiger partial charge is 0.123 e. The van der Waals surface area contributed by atoms with Crippen LogP contribution in [0.5, 0.6) is 5.75 Å². The molecule has 2 aliphatic rings. The molecule has 0 saturated carbocycles. The highest BCUT2D eigenvalue weighted by atomic mass is 16.5. The van der Waals surface area contributed by atoms with Crippen LogP contribution in [0.25, 0.3) is 0 Å². The number of allylic oxidation sites excluding steroid dienone is 1. The van der Waals surface area contributed by atoms with Crippen LogP contribution in [0.1, 0.15) is 43.7 Å². The topological polar surface area (TPSA) is 36.9 Å². The Bertz CT molecular complexity index is 603. The van der Waals surface area contributed by atoms with Crippen LogP contribution in [-0.2, 0) is 13.1 Å². The molecular formula is C20H29N3O. The van der Waals surface area contributed by atoms with Gasteiger partial charge in [-0.3, -0.25) is 9.89 Å². The van der Waals surface area contributed by atoms with Crippen molar-refractivity contribution in [1.82, 2.24) is 10.2 Å². The third-order valence-corrected chi connectivity index (χ3v) is 4.89. The molecule has 1 N–H and O–H groups in total. The van der Waals surface area contributed by atoms with Gasteiger partial charge in [-0.25, -0.2) is 0 Å². The maximum absolute atomic E-state index is 5.63. The lowest BCUT2D eigenvalue weighted by molar-refractivity contribution is 0.320. The lowest BCUT2D eigenvalue weighted by Gasteiger charge is -2.19. The zero-order valence-corrected chi connectivity index (χ0v) is 14.9. The van der Waals surface area contributed by atoms with E-state index in [1.165, 1.54) is 37.1 Å². The van der Waals surface area contributed by atoms with Gasteiger partial charge in [-0.1, -0.05) is 18.2 Å². The second kappa shape index (κ2) is 8.45. The summed E-state index contributed by atoms with van der Waals surface area (Å²) >= 11 is 0. The van der Waals surface area contributed by atoms with Gasteiger partial charge >= 0.3 is 0 Å². The first-order valence-corrected chi connectivity index (χ1v) is 9.10. The summed E-state index contributed by atoms with van der Waals surface area (Å²) in [6.45, 7) is 6.41. The van der Waals surface area contributed by atoms with Crippen molar-refractivity contribution in [3.63, 3.8) is 0 Å². The van der Waals surface area contributed by atoms with Crippen molar-refractivity contribution < 1.29 is 4.74 Å². The van der Waals surface area contributed by atoms with Gasteiger partial charge in [-0.05, 0) is 57.3 Å². The van der Waals surface area contributed by atoms with Crippen LogP contribution < -0.4 is 10.1 Å². The fraction of sp³-hybridized carbons (Fsp3) is 0.550. The third kappa shape index (κ3) is 4.46. The molecule has 0 bridgehead atoms. The summed E-state index contributed by atoms with van der Waals surface area (Å²) in [4.78, 5) is 7.00. The van der Waals surface area contributed by atoms with Gasteiger partial charge in [0.25, 0.3) is 0 Å². The quantitative estimate of drug-likeness (QED) is 0.832. The summed E-state index contributed by atoms with van der Waals surface area (Å²) in [5.74, 6) is 1.00. The van der Waals surface area contributed by atoms with E-state index < -0.39 is 0 Å². The molecule has 2 heterocycles. The fourth-order valence-corrected chi connectivity index (χ4v) is 3.40. The summed E-state index contributed by atoms with van der Waals surface area (Å²) in [5, 5.41) is 3.56. The van der Waals surface area contributed by atoms with Crippen molar-refractivity contribution in [1.29, 1.82) is 0 Å². The Balaban J connectivity index is 1.59. The first kappa shape index (κ1) is 17.2. The average molecular weight is 327 g/mol. The van der Waals surface area contributed by atoms with Crippen molar-refractivity contribution in [2.75, 3.05) is 20.2 Å². The Morgan fingerprint density at radius 2 is 2.08 bits per heavy atom. The number of benzene rings is 1. The summed E-state index contributed by atoms with van der Waals surface area (Å²) < 4.78 is 5.63. The number of ether oxygens (including phenoxy) is 1. The van der Waals surface area contributed by atoms with E-state index >= 15 is 0 Å². The zero-order valence-electron chi connectivity index (χ0n) is 14.9. The van der Waals surface area contributed by atoms with Gasteiger partial charge in [-0.15, -0.1) is 0 Å². The van der Waals surface area contributed by atoms with Crippen LogP contribution in [0.4, 0.5) is 0 Å². The van der Waals surface area contributed by atoms with E-state index in [-0.39, 0.29) is 6.04 Å². The predicted molar refractivity (Wildman–Crippen MR) is 99.6 cm³/mol. The molecule has 1 fully saturated rings. The van der Waals surface area contributed by atoms with Crippen LogP contribution >= 0.6 is 0 Å². The molecule has 4 nitrogen and oxygen atoms in total. The molecule has 1 atom stereocenters. The Kier molecular flexibility index (Phi) is 6.05. The van der Waals surface area contributed by atoms with Crippen LogP contribution in [0.15, 0.2) is 35.0 Å². The van der Waals surface area contributed by atoms with Gasteiger partial charge in [0.1, 0.15) is 5.75 Å². The lowest BCUT2D eigenvalue weighted by atomic mass is 10.1. The first-order valence-electron chi connectivity index (χ1n) is 9.10. The van der Waals surface area contributed by atoms with Crippen LogP contribution in [0, 0.1) is 0 Å². The molecule has 0 aliphatic carbocycles. The molecular weight excluding hydrogens is 298 g/mol. The van der Waals surface area contributed by atoms with Crippen LogP contribution in [0.3, 0.4) is 0 Å². The highest BCUT2D eigenvalue weighted by Gasteiger charge is 2.15. The molecule has 1 unspecified atom stereocenters. The number of nitrogens with one attached hydrogen (secondary N) is 1. The third-order valence-electron chi connectivity index (χ3n) is 4.89. The largest absolute Gasteiger partial charge is 0.496 e. The average Bonchev–Trinajstić information content (AvgIpc) is 3.14. The minimum atomic E-state index is 0.275. The zero-order chi connectivity index (χ0) is 16.8. The van der Waals surface area contributed by atoms with E-state index in [1.54, 1.807) is 7.11 Å². The number of nitrogens with zero attached hydrogens (tertiary/aromatic N) is 2. The van der Waals surface area contributed by atoms with Crippen LogP contribution in [0.2, 0.25) is 0 Å². The maximum atomic E-state index is 5.63.